The first-order valence-electron chi connectivity index (χ1n) is 15.3. The standard InChI is InChI=1S/C16H26F2O2.C15H24F2O3/c1-3-16(19)12-4-11-5-13(16)8-15(6-11,7-12)10-20-9-14(2,17)18;1-12(16,17)9-20-10-13-3-11-4-14(18,6-13)8-15(5-11,7-13)19-2/h11-13,19H,3-10H2,1-2H3;11,18H,3-10H2,1-2H3. The van der Waals surface area contributed by atoms with Gasteiger partial charge in [-0.3, -0.25) is 0 Å². The fourth-order valence-corrected chi connectivity index (χ4v) is 10.8. The van der Waals surface area contributed by atoms with Gasteiger partial charge >= 0.3 is 0 Å². The van der Waals surface area contributed by atoms with Gasteiger partial charge in [0.25, 0.3) is 11.8 Å². The van der Waals surface area contributed by atoms with Crippen LogP contribution in [-0.4, -0.2) is 72.4 Å². The molecule has 0 aromatic heterocycles. The number of ether oxygens (including phenoxy) is 3. The van der Waals surface area contributed by atoms with Crippen LogP contribution in [0.2, 0.25) is 0 Å². The number of halogens is 4. The number of hydrogen-bond donors (Lipinski definition) is 2. The Balaban J connectivity index is 0.000000161. The Morgan fingerprint density at radius 1 is 0.725 bits per heavy atom. The van der Waals surface area contributed by atoms with Gasteiger partial charge in [-0.25, -0.2) is 17.6 Å². The van der Waals surface area contributed by atoms with Crippen LogP contribution in [0.3, 0.4) is 0 Å². The van der Waals surface area contributed by atoms with Crippen molar-refractivity contribution in [2.24, 2.45) is 34.5 Å². The largest absolute Gasteiger partial charge is 0.390 e. The summed E-state index contributed by atoms with van der Waals surface area (Å²) in [4.78, 5) is 0. The minimum Gasteiger partial charge on any atom is -0.390 e. The molecule has 0 aliphatic heterocycles. The molecular formula is C31H50F4O5. The van der Waals surface area contributed by atoms with Crippen LogP contribution in [0.1, 0.15) is 97.8 Å². The van der Waals surface area contributed by atoms with E-state index in [4.69, 9.17) is 14.2 Å². The fourth-order valence-electron chi connectivity index (χ4n) is 10.8. The van der Waals surface area contributed by atoms with Crippen LogP contribution < -0.4 is 0 Å². The highest BCUT2D eigenvalue weighted by molar-refractivity contribution is 5.15. The zero-order valence-electron chi connectivity index (χ0n) is 24.8. The van der Waals surface area contributed by atoms with Crippen molar-refractivity contribution in [2.45, 2.75) is 126 Å². The van der Waals surface area contributed by atoms with Crippen LogP contribution in [0.4, 0.5) is 17.6 Å². The van der Waals surface area contributed by atoms with E-state index >= 15 is 0 Å². The molecule has 2 N–H and O–H groups in total. The Labute approximate surface area is 236 Å². The van der Waals surface area contributed by atoms with Gasteiger partial charge in [0, 0.05) is 27.4 Å². The van der Waals surface area contributed by atoms with Gasteiger partial charge in [0.2, 0.25) is 0 Å². The highest BCUT2D eigenvalue weighted by atomic mass is 19.3. The lowest BCUT2D eigenvalue weighted by Crippen LogP contribution is -2.64. The summed E-state index contributed by atoms with van der Waals surface area (Å²) in [6, 6.07) is 0. The first kappa shape index (κ1) is 31.0. The van der Waals surface area contributed by atoms with Crippen molar-refractivity contribution < 1.29 is 42.0 Å². The molecule has 40 heavy (non-hydrogen) atoms. The molecule has 0 heterocycles. The molecule has 8 saturated carbocycles. The molecule has 0 spiro atoms. The molecule has 8 bridgehead atoms. The lowest BCUT2D eigenvalue weighted by Gasteiger charge is -2.64. The van der Waals surface area contributed by atoms with Crippen LogP contribution in [0.25, 0.3) is 0 Å². The summed E-state index contributed by atoms with van der Waals surface area (Å²) in [5.74, 6) is -3.73. The summed E-state index contributed by atoms with van der Waals surface area (Å²) < 4.78 is 68.0. The minimum absolute atomic E-state index is 0.0587. The number of alkyl halides is 4. The Kier molecular flexibility index (Phi) is 7.98. The molecule has 6 unspecified atom stereocenters. The zero-order valence-corrected chi connectivity index (χ0v) is 24.8. The van der Waals surface area contributed by atoms with Crippen LogP contribution >= 0.6 is 0 Å². The highest BCUT2D eigenvalue weighted by Gasteiger charge is 2.64. The molecule has 5 nitrogen and oxygen atoms in total. The molecule has 0 saturated heterocycles. The second-order valence-corrected chi connectivity index (χ2v) is 15.4. The van der Waals surface area contributed by atoms with Crippen LogP contribution in [-0.2, 0) is 14.2 Å². The Morgan fingerprint density at radius 2 is 1.27 bits per heavy atom. The van der Waals surface area contributed by atoms with E-state index in [0.29, 0.717) is 49.7 Å². The number of methoxy groups -OCH3 is 1. The maximum Gasteiger partial charge on any atom is 0.268 e. The quantitative estimate of drug-likeness (QED) is 0.294. The Hall–Kier alpha value is -0.480. The SMILES string of the molecule is CCC1(O)C2CC3CC1CC(COCC(C)(F)F)(C3)C2.COC12CC3CC(O)(CC(COCC(C)(F)F)(C3)C1)C2. The van der Waals surface area contributed by atoms with Crippen molar-refractivity contribution in [1.82, 2.24) is 0 Å². The van der Waals surface area contributed by atoms with Crippen molar-refractivity contribution in [3.63, 3.8) is 0 Å². The molecule has 0 aromatic carbocycles. The smallest absolute Gasteiger partial charge is 0.268 e. The van der Waals surface area contributed by atoms with Gasteiger partial charge in [-0.15, -0.1) is 0 Å². The molecule has 9 heteroatoms. The molecule has 0 amide bonds. The summed E-state index contributed by atoms with van der Waals surface area (Å²) in [6.07, 6.45) is 11.0. The molecule has 8 aliphatic carbocycles. The third-order valence-corrected chi connectivity index (χ3v) is 11.4. The number of aliphatic hydroxyl groups is 2. The van der Waals surface area contributed by atoms with Gasteiger partial charge < -0.3 is 24.4 Å². The molecule has 0 aromatic rings. The van der Waals surface area contributed by atoms with Gasteiger partial charge in [0.15, 0.2) is 0 Å². The first-order chi connectivity index (χ1) is 18.4. The monoisotopic (exact) mass is 578 g/mol. The van der Waals surface area contributed by atoms with Crippen LogP contribution in [0, 0.1) is 34.5 Å². The molecule has 8 aliphatic rings. The molecular weight excluding hydrogens is 528 g/mol. The second kappa shape index (κ2) is 10.3. The maximum atomic E-state index is 12.9. The number of hydrogen-bond acceptors (Lipinski definition) is 5. The third kappa shape index (κ3) is 6.24. The Morgan fingerprint density at radius 3 is 1.77 bits per heavy atom. The van der Waals surface area contributed by atoms with Gasteiger partial charge in [-0.2, -0.15) is 0 Å². The summed E-state index contributed by atoms with van der Waals surface area (Å²) in [5.41, 5.74) is -1.59. The summed E-state index contributed by atoms with van der Waals surface area (Å²) >= 11 is 0. The normalized spacial score (nSPS) is 47.0. The molecule has 8 rings (SSSR count). The van der Waals surface area contributed by atoms with Crippen LogP contribution in [0.5, 0.6) is 0 Å². The van der Waals surface area contributed by atoms with E-state index < -0.39 is 36.3 Å². The average molecular weight is 579 g/mol. The van der Waals surface area contributed by atoms with Gasteiger partial charge in [0.05, 0.1) is 30.0 Å². The van der Waals surface area contributed by atoms with Crippen molar-refractivity contribution in [1.29, 1.82) is 0 Å². The lowest BCUT2D eigenvalue weighted by molar-refractivity contribution is -0.251. The van der Waals surface area contributed by atoms with Crippen LogP contribution in [0.15, 0.2) is 0 Å². The fraction of sp³-hybridized carbons (Fsp3) is 1.00. The molecule has 0 radical (unpaired) electrons. The lowest BCUT2D eigenvalue weighted by atomic mass is 9.44. The predicted molar refractivity (Wildman–Crippen MR) is 142 cm³/mol. The predicted octanol–water partition coefficient (Wildman–Crippen LogP) is 6.38. The van der Waals surface area contributed by atoms with E-state index in [1.165, 1.54) is 0 Å². The van der Waals surface area contributed by atoms with Gasteiger partial charge in [0.1, 0.15) is 13.2 Å². The summed E-state index contributed by atoms with van der Waals surface area (Å²) in [7, 11) is 1.70. The van der Waals surface area contributed by atoms with E-state index in [9.17, 15) is 27.8 Å². The van der Waals surface area contributed by atoms with E-state index in [1.54, 1.807) is 7.11 Å². The van der Waals surface area contributed by atoms with E-state index in [0.717, 1.165) is 78.1 Å². The van der Waals surface area contributed by atoms with Crippen molar-refractivity contribution in [3.05, 3.63) is 0 Å². The molecule has 6 atom stereocenters. The van der Waals surface area contributed by atoms with E-state index in [2.05, 4.69) is 6.92 Å². The molecule has 8 fully saturated rings. The average Bonchev–Trinajstić information content (AvgIpc) is 2.79. The summed E-state index contributed by atoms with van der Waals surface area (Å²) in [6.45, 7) is 3.58. The first-order valence-corrected chi connectivity index (χ1v) is 15.3. The maximum absolute atomic E-state index is 12.9. The Bertz CT molecular complexity index is 904. The topological polar surface area (TPSA) is 68.2 Å². The second-order valence-electron chi connectivity index (χ2n) is 15.4. The van der Waals surface area contributed by atoms with E-state index in [-0.39, 0.29) is 16.4 Å². The summed E-state index contributed by atoms with van der Waals surface area (Å²) in [5, 5.41) is 21.6. The molecule has 232 valence electrons. The van der Waals surface area contributed by atoms with Crippen molar-refractivity contribution >= 4 is 0 Å². The van der Waals surface area contributed by atoms with Gasteiger partial charge in [-0.1, -0.05) is 6.92 Å². The third-order valence-electron chi connectivity index (χ3n) is 11.4. The van der Waals surface area contributed by atoms with E-state index in [1.807, 2.05) is 0 Å². The van der Waals surface area contributed by atoms with Crippen molar-refractivity contribution in [2.75, 3.05) is 33.5 Å². The van der Waals surface area contributed by atoms with Crippen molar-refractivity contribution in [3.8, 4) is 0 Å². The number of rotatable bonds is 10. The van der Waals surface area contributed by atoms with Gasteiger partial charge in [-0.05, 0) is 105 Å². The minimum atomic E-state index is -2.79. The highest BCUT2D eigenvalue weighted by Crippen LogP contribution is 2.65. The zero-order chi connectivity index (χ0) is 29.2.